The monoisotopic (exact) mass is 581 g/mol. The van der Waals surface area contributed by atoms with E-state index in [1.807, 2.05) is 37.3 Å². The molecule has 12 nitrogen and oxygen atoms in total. The summed E-state index contributed by atoms with van der Waals surface area (Å²) in [5.74, 6) is 2.26. The average Bonchev–Trinajstić information content (AvgIpc) is 3.69. The summed E-state index contributed by atoms with van der Waals surface area (Å²) >= 11 is 0. The Bertz CT molecular complexity index is 1300. The van der Waals surface area contributed by atoms with Crippen molar-refractivity contribution < 1.29 is 33.3 Å². The molecule has 1 atom stereocenters. The fourth-order valence-electron chi connectivity index (χ4n) is 5.24. The lowest BCUT2D eigenvalue weighted by molar-refractivity contribution is -0.133. The number of methoxy groups -OCH3 is 2. The summed E-state index contributed by atoms with van der Waals surface area (Å²) in [5.41, 5.74) is 2.32. The number of fused-ring (bicyclic) bond motifs is 1. The number of hydrazone groups is 1. The van der Waals surface area contributed by atoms with E-state index < -0.39 is 6.04 Å². The molecular formula is C30H39N5O7. The van der Waals surface area contributed by atoms with Gasteiger partial charge in [0.15, 0.2) is 11.5 Å². The van der Waals surface area contributed by atoms with Crippen LogP contribution < -0.4 is 24.3 Å². The van der Waals surface area contributed by atoms with Crippen LogP contribution in [-0.2, 0) is 9.53 Å². The van der Waals surface area contributed by atoms with E-state index in [0.29, 0.717) is 68.0 Å². The molecule has 3 aliphatic heterocycles. The van der Waals surface area contributed by atoms with Crippen LogP contribution in [0.25, 0.3) is 0 Å². The Morgan fingerprint density at radius 3 is 2.64 bits per heavy atom. The van der Waals surface area contributed by atoms with Gasteiger partial charge in [-0.1, -0.05) is 13.0 Å². The number of rotatable bonds is 11. The molecule has 0 aromatic heterocycles. The normalized spacial score (nSPS) is 18.0. The maximum Gasteiger partial charge on any atom is 0.317 e. The number of nitrogens with zero attached hydrogens (tertiary/aromatic N) is 4. The van der Waals surface area contributed by atoms with Gasteiger partial charge in [0, 0.05) is 50.8 Å². The number of hydrogen-bond donors (Lipinski definition) is 1. The van der Waals surface area contributed by atoms with Crippen molar-refractivity contribution in [2.24, 2.45) is 5.10 Å². The lowest BCUT2D eigenvalue weighted by Gasteiger charge is -2.31. The maximum absolute atomic E-state index is 14.0. The number of amides is 3. The second kappa shape index (κ2) is 13.8. The summed E-state index contributed by atoms with van der Waals surface area (Å²) in [6.45, 7) is 6.56. The van der Waals surface area contributed by atoms with Crippen LogP contribution >= 0.6 is 0 Å². The molecular weight excluding hydrogens is 542 g/mol. The first-order chi connectivity index (χ1) is 20.5. The Morgan fingerprint density at radius 2 is 1.88 bits per heavy atom. The molecule has 2 aromatic carbocycles. The Hall–Kier alpha value is -4.03. The van der Waals surface area contributed by atoms with Crippen molar-refractivity contribution in [2.45, 2.75) is 25.8 Å². The minimum Gasteiger partial charge on any atom is -0.497 e. The largest absolute Gasteiger partial charge is 0.497 e. The smallest absolute Gasteiger partial charge is 0.317 e. The summed E-state index contributed by atoms with van der Waals surface area (Å²) in [4.78, 5) is 30.9. The minimum absolute atomic E-state index is 0.114. The predicted octanol–water partition coefficient (Wildman–Crippen LogP) is 2.86. The molecule has 0 spiro atoms. The SMILES string of the molecule is CCCNC(=O)N(CCN1CCOCC1)CC(=O)N1N=C(c2ccc(OC)cc2OC)C[C@@H]1c1ccc2c(c1)OCO2. The fraction of sp³-hybridized carbons (Fsp3) is 0.500. The number of urea groups is 1. The summed E-state index contributed by atoms with van der Waals surface area (Å²) in [6, 6.07) is 10.5. The van der Waals surface area contributed by atoms with Crippen LogP contribution in [0.15, 0.2) is 41.5 Å². The Morgan fingerprint density at radius 1 is 1.07 bits per heavy atom. The zero-order valence-corrected chi connectivity index (χ0v) is 24.5. The number of ether oxygens (including phenoxy) is 5. The molecule has 0 saturated carbocycles. The molecule has 1 saturated heterocycles. The average molecular weight is 582 g/mol. The predicted molar refractivity (Wildman–Crippen MR) is 155 cm³/mol. The van der Waals surface area contributed by atoms with Crippen molar-refractivity contribution in [3.05, 3.63) is 47.5 Å². The zero-order chi connectivity index (χ0) is 29.5. The molecule has 0 bridgehead atoms. The van der Waals surface area contributed by atoms with Gasteiger partial charge in [-0.25, -0.2) is 9.80 Å². The fourth-order valence-corrected chi connectivity index (χ4v) is 5.24. The summed E-state index contributed by atoms with van der Waals surface area (Å²) in [5, 5.41) is 9.24. The topological polar surface area (TPSA) is 114 Å². The van der Waals surface area contributed by atoms with Crippen molar-refractivity contribution in [2.75, 3.05) is 73.5 Å². The van der Waals surface area contributed by atoms with E-state index in [-0.39, 0.29) is 25.3 Å². The Balaban J connectivity index is 1.42. The van der Waals surface area contributed by atoms with Crippen LogP contribution in [-0.4, -0.2) is 106 Å². The first-order valence-corrected chi connectivity index (χ1v) is 14.3. The third-order valence-corrected chi connectivity index (χ3v) is 7.60. The highest BCUT2D eigenvalue weighted by atomic mass is 16.7. The molecule has 42 heavy (non-hydrogen) atoms. The molecule has 0 unspecified atom stereocenters. The highest BCUT2D eigenvalue weighted by Gasteiger charge is 2.36. The van der Waals surface area contributed by atoms with Crippen LogP contribution in [0.5, 0.6) is 23.0 Å². The lowest BCUT2D eigenvalue weighted by Crippen LogP contribution is -2.49. The van der Waals surface area contributed by atoms with Crippen LogP contribution in [0, 0.1) is 0 Å². The number of morpholine rings is 1. The number of nitrogens with one attached hydrogen (secondary N) is 1. The highest BCUT2D eigenvalue weighted by Crippen LogP contribution is 2.40. The first-order valence-electron chi connectivity index (χ1n) is 14.3. The van der Waals surface area contributed by atoms with E-state index in [2.05, 4.69) is 10.2 Å². The van der Waals surface area contributed by atoms with E-state index in [1.54, 1.807) is 25.2 Å². The zero-order valence-electron chi connectivity index (χ0n) is 24.5. The Labute approximate surface area is 246 Å². The van der Waals surface area contributed by atoms with Gasteiger partial charge in [-0.3, -0.25) is 9.69 Å². The van der Waals surface area contributed by atoms with Gasteiger partial charge < -0.3 is 33.9 Å². The molecule has 226 valence electrons. The van der Waals surface area contributed by atoms with Gasteiger partial charge in [-0.2, -0.15) is 5.10 Å². The molecule has 1 N–H and O–H groups in total. The van der Waals surface area contributed by atoms with Crippen molar-refractivity contribution in [3.63, 3.8) is 0 Å². The molecule has 3 heterocycles. The van der Waals surface area contributed by atoms with E-state index in [1.165, 1.54) is 5.01 Å². The lowest BCUT2D eigenvalue weighted by atomic mass is 9.97. The van der Waals surface area contributed by atoms with Gasteiger partial charge in [0.05, 0.1) is 39.2 Å². The molecule has 3 aliphatic rings. The third-order valence-electron chi connectivity index (χ3n) is 7.60. The van der Waals surface area contributed by atoms with Crippen molar-refractivity contribution in [1.29, 1.82) is 0 Å². The minimum atomic E-state index is -0.409. The van der Waals surface area contributed by atoms with E-state index in [4.69, 9.17) is 28.8 Å². The number of carbonyl (C=O) groups is 2. The second-order valence-electron chi connectivity index (χ2n) is 10.3. The second-order valence-corrected chi connectivity index (χ2v) is 10.3. The van der Waals surface area contributed by atoms with Crippen molar-refractivity contribution in [3.8, 4) is 23.0 Å². The Kier molecular flexibility index (Phi) is 9.65. The third kappa shape index (κ3) is 6.71. The summed E-state index contributed by atoms with van der Waals surface area (Å²) < 4.78 is 27.6. The quantitative estimate of drug-likeness (QED) is 0.431. The number of benzene rings is 2. The molecule has 1 fully saturated rings. The van der Waals surface area contributed by atoms with Crippen LogP contribution in [0.2, 0.25) is 0 Å². The molecule has 0 radical (unpaired) electrons. The molecule has 3 amide bonds. The standard InChI is InChI=1S/C30H39N5O7/c1-4-9-31-30(37)34(11-10-33-12-14-40-15-13-33)19-29(36)35-25(21-5-8-26-28(16-21)42-20-41-26)18-24(32-35)23-7-6-22(38-2)17-27(23)39-3/h5-8,16-17,25H,4,9-15,18-20H2,1-3H3,(H,31,37)/t25-/m1/s1. The van der Waals surface area contributed by atoms with Crippen LogP contribution in [0.3, 0.4) is 0 Å². The van der Waals surface area contributed by atoms with E-state index >= 15 is 0 Å². The maximum atomic E-state index is 14.0. The van der Waals surface area contributed by atoms with Gasteiger partial charge in [0.1, 0.15) is 18.0 Å². The highest BCUT2D eigenvalue weighted by molar-refractivity contribution is 6.05. The van der Waals surface area contributed by atoms with E-state index in [9.17, 15) is 9.59 Å². The van der Waals surface area contributed by atoms with Crippen LogP contribution in [0.1, 0.15) is 36.9 Å². The molecule has 5 rings (SSSR count). The molecule has 2 aromatic rings. The molecule has 0 aliphatic carbocycles. The summed E-state index contributed by atoms with van der Waals surface area (Å²) in [7, 11) is 3.19. The van der Waals surface area contributed by atoms with E-state index in [0.717, 1.165) is 30.6 Å². The number of carbonyl (C=O) groups excluding carboxylic acids is 2. The van der Waals surface area contributed by atoms with Gasteiger partial charge >= 0.3 is 6.03 Å². The van der Waals surface area contributed by atoms with Crippen molar-refractivity contribution >= 4 is 17.6 Å². The van der Waals surface area contributed by atoms with Gasteiger partial charge in [0.2, 0.25) is 6.79 Å². The summed E-state index contributed by atoms with van der Waals surface area (Å²) in [6.07, 6.45) is 1.25. The van der Waals surface area contributed by atoms with Gasteiger partial charge in [-0.05, 0) is 36.2 Å². The molecule has 12 heteroatoms. The van der Waals surface area contributed by atoms with Crippen molar-refractivity contribution in [1.82, 2.24) is 20.1 Å². The first kappa shape index (κ1) is 29.5. The number of hydrogen-bond acceptors (Lipinski definition) is 9. The van der Waals surface area contributed by atoms with Gasteiger partial charge in [-0.15, -0.1) is 0 Å². The van der Waals surface area contributed by atoms with Gasteiger partial charge in [0.25, 0.3) is 5.91 Å². The van der Waals surface area contributed by atoms with Crippen LogP contribution in [0.4, 0.5) is 4.79 Å².